The molecule has 0 fully saturated rings. The number of hydrogen-bond donors (Lipinski definition) is 4. The standard InChI is InChI=1S/4C6H13O3.Ti/c4*1-5(7)3-9-4-6(2)8;/h4*5-7H,3-4H2,1-2H3;/q4*-1;+4. The van der Waals surface area contributed by atoms with Gasteiger partial charge in [0.1, 0.15) is 0 Å². The summed E-state index contributed by atoms with van der Waals surface area (Å²) in [6, 6.07) is 0. The Hall–Kier alpha value is 0.234. The van der Waals surface area contributed by atoms with Crippen molar-refractivity contribution < 1.29 is 81.5 Å². The molecule has 0 amide bonds. The summed E-state index contributed by atoms with van der Waals surface area (Å²) in [6.07, 6.45) is -4.64. The molecule has 0 aliphatic rings. The molecule has 0 aliphatic heterocycles. The molecule has 37 heavy (non-hydrogen) atoms. The minimum absolute atomic E-state index is 0. The maximum Gasteiger partial charge on any atom is 4.00 e. The van der Waals surface area contributed by atoms with Gasteiger partial charge in [-0.15, -0.1) is 24.4 Å². The number of aliphatic hydroxyl groups excluding tert-OH is 4. The number of rotatable bonds is 16. The third-order valence-electron chi connectivity index (χ3n) is 2.85. The Labute approximate surface area is 238 Å². The van der Waals surface area contributed by atoms with Gasteiger partial charge in [0.25, 0.3) is 0 Å². The van der Waals surface area contributed by atoms with Gasteiger partial charge in [-0.1, -0.05) is 27.7 Å². The van der Waals surface area contributed by atoms with E-state index >= 15 is 0 Å². The van der Waals surface area contributed by atoms with Crippen molar-refractivity contribution in [3.8, 4) is 0 Å². The van der Waals surface area contributed by atoms with Gasteiger partial charge in [0.2, 0.25) is 0 Å². The molecular formula is C24H52O12Ti. The summed E-state index contributed by atoms with van der Waals surface area (Å²) in [4.78, 5) is 0. The third-order valence-corrected chi connectivity index (χ3v) is 2.85. The summed E-state index contributed by atoms with van der Waals surface area (Å²) < 4.78 is 19.2. The van der Waals surface area contributed by atoms with E-state index in [1.165, 1.54) is 27.7 Å². The molecule has 0 spiro atoms. The molecule has 0 rings (SSSR count). The van der Waals surface area contributed by atoms with E-state index in [4.69, 9.17) is 39.4 Å². The van der Waals surface area contributed by atoms with Crippen molar-refractivity contribution in [3.05, 3.63) is 0 Å². The monoisotopic (exact) mass is 580 g/mol. The topological polar surface area (TPSA) is 210 Å². The summed E-state index contributed by atoms with van der Waals surface area (Å²) in [5.74, 6) is 0. The van der Waals surface area contributed by atoms with Crippen molar-refractivity contribution in [1.82, 2.24) is 0 Å². The Morgan fingerprint density at radius 2 is 0.514 bits per heavy atom. The molecule has 0 aromatic rings. The Kier molecular flexibility index (Phi) is 43.6. The summed E-state index contributed by atoms with van der Waals surface area (Å²) in [6.45, 7) is 14.4. The van der Waals surface area contributed by atoms with Gasteiger partial charge < -0.3 is 59.8 Å². The van der Waals surface area contributed by atoms with E-state index in [1.807, 2.05) is 0 Å². The quantitative estimate of drug-likeness (QED) is 0.131. The van der Waals surface area contributed by atoms with Crippen molar-refractivity contribution >= 4 is 0 Å². The molecule has 224 valence electrons. The van der Waals surface area contributed by atoms with Crippen LogP contribution in [0.5, 0.6) is 0 Å². The van der Waals surface area contributed by atoms with Crippen molar-refractivity contribution in [2.75, 3.05) is 52.9 Å². The molecule has 0 aromatic heterocycles. The smallest absolute Gasteiger partial charge is 0.851 e. The zero-order valence-electron chi connectivity index (χ0n) is 23.8. The van der Waals surface area contributed by atoms with Gasteiger partial charge in [-0.2, -0.15) is 0 Å². The predicted molar refractivity (Wildman–Crippen MR) is 128 cm³/mol. The summed E-state index contributed by atoms with van der Waals surface area (Å²) >= 11 is 0. The van der Waals surface area contributed by atoms with Crippen LogP contribution in [0.3, 0.4) is 0 Å². The number of aliphatic hydroxyl groups is 4. The molecular weight excluding hydrogens is 528 g/mol. The molecule has 0 saturated carbocycles. The molecule has 0 bridgehead atoms. The third kappa shape index (κ3) is 72.3. The normalized spacial score (nSPS) is 16.9. The largest absolute Gasteiger partial charge is 4.00 e. The van der Waals surface area contributed by atoms with Crippen LogP contribution >= 0.6 is 0 Å². The van der Waals surface area contributed by atoms with E-state index in [0.717, 1.165) is 0 Å². The Bertz CT molecular complexity index is 292. The van der Waals surface area contributed by atoms with Gasteiger partial charge in [-0.05, 0) is 27.7 Å². The van der Waals surface area contributed by atoms with Crippen molar-refractivity contribution in [2.45, 2.75) is 104 Å². The Morgan fingerprint density at radius 1 is 0.378 bits per heavy atom. The molecule has 0 aromatic carbocycles. The SMILES string of the molecule is CC([O-])COCC(C)O.CC([O-])COCC(C)O.CC([O-])COCC(C)O.CC([O-])COCC(C)O.[Ti+4]. The van der Waals surface area contributed by atoms with Gasteiger partial charge in [0.05, 0.1) is 50.8 Å². The first-order valence-electron chi connectivity index (χ1n) is 12.2. The number of ether oxygens (including phenoxy) is 4. The van der Waals surface area contributed by atoms with Crippen LogP contribution in [0.25, 0.3) is 0 Å². The van der Waals surface area contributed by atoms with Crippen LogP contribution in [0.1, 0.15) is 55.4 Å². The van der Waals surface area contributed by atoms with Crippen LogP contribution in [0.2, 0.25) is 0 Å². The van der Waals surface area contributed by atoms with E-state index in [-0.39, 0.29) is 74.6 Å². The predicted octanol–water partition coefficient (Wildman–Crippen LogP) is -3.47. The van der Waals surface area contributed by atoms with Crippen LogP contribution in [-0.2, 0) is 40.7 Å². The van der Waals surface area contributed by atoms with E-state index in [2.05, 4.69) is 0 Å². The van der Waals surface area contributed by atoms with Crippen LogP contribution in [-0.4, -0.2) is 122 Å². The number of hydrogen-bond acceptors (Lipinski definition) is 12. The summed E-state index contributed by atoms with van der Waals surface area (Å²) in [7, 11) is 0. The minimum atomic E-state index is -0.691. The second kappa shape index (κ2) is 34.3. The molecule has 8 unspecified atom stereocenters. The van der Waals surface area contributed by atoms with Crippen molar-refractivity contribution in [2.24, 2.45) is 0 Å². The molecule has 0 radical (unpaired) electrons. The first kappa shape index (κ1) is 47.0. The first-order valence-corrected chi connectivity index (χ1v) is 12.2. The van der Waals surface area contributed by atoms with Crippen LogP contribution in [0.4, 0.5) is 0 Å². The first-order chi connectivity index (χ1) is 16.5. The van der Waals surface area contributed by atoms with E-state index in [0.29, 0.717) is 0 Å². The fourth-order valence-corrected chi connectivity index (χ4v) is 1.62. The average molecular weight is 581 g/mol. The van der Waals surface area contributed by atoms with Crippen molar-refractivity contribution in [1.29, 1.82) is 0 Å². The molecule has 13 heteroatoms. The molecule has 8 atom stereocenters. The van der Waals surface area contributed by atoms with Crippen LogP contribution < -0.4 is 20.4 Å². The van der Waals surface area contributed by atoms with Crippen molar-refractivity contribution in [3.63, 3.8) is 0 Å². The van der Waals surface area contributed by atoms with E-state index in [9.17, 15) is 20.4 Å². The Balaban J connectivity index is -0.000000122. The zero-order chi connectivity index (χ0) is 29.1. The molecule has 12 nitrogen and oxygen atoms in total. The summed E-state index contributed by atoms with van der Waals surface area (Å²) in [5, 5.41) is 75.8. The molecule has 4 N–H and O–H groups in total. The maximum absolute atomic E-state index is 10.3. The minimum Gasteiger partial charge on any atom is -0.851 e. The second-order valence-corrected chi connectivity index (χ2v) is 8.79. The average Bonchev–Trinajstić information content (AvgIpc) is 2.67. The Morgan fingerprint density at radius 3 is 0.595 bits per heavy atom. The molecule has 0 saturated heterocycles. The van der Waals surface area contributed by atoms with Gasteiger partial charge in [-0.25, -0.2) is 0 Å². The summed E-state index contributed by atoms with van der Waals surface area (Å²) in [5.41, 5.74) is 0. The zero-order valence-corrected chi connectivity index (χ0v) is 25.4. The van der Waals surface area contributed by atoms with Gasteiger partial charge in [0, 0.05) is 26.4 Å². The second-order valence-electron chi connectivity index (χ2n) is 8.79. The maximum atomic E-state index is 10.3. The van der Waals surface area contributed by atoms with E-state index in [1.54, 1.807) is 27.7 Å². The fourth-order valence-electron chi connectivity index (χ4n) is 1.62. The van der Waals surface area contributed by atoms with Gasteiger partial charge in [0.15, 0.2) is 0 Å². The van der Waals surface area contributed by atoms with Gasteiger partial charge >= 0.3 is 21.7 Å². The van der Waals surface area contributed by atoms with E-state index < -0.39 is 48.8 Å². The van der Waals surface area contributed by atoms with Crippen LogP contribution in [0.15, 0.2) is 0 Å². The van der Waals surface area contributed by atoms with Crippen LogP contribution in [0, 0.1) is 0 Å². The van der Waals surface area contributed by atoms with Gasteiger partial charge in [-0.3, -0.25) is 0 Å². The fraction of sp³-hybridized carbons (Fsp3) is 1.00. The molecule has 0 heterocycles. The molecule has 0 aliphatic carbocycles.